The van der Waals surface area contributed by atoms with E-state index in [0.29, 0.717) is 17.8 Å². The molecule has 1 saturated carbocycles. The second kappa shape index (κ2) is 11.8. The lowest BCUT2D eigenvalue weighted by Crippen LogP contribution is -2.46. The molecule has 0 radical (unpaired) electrons. The van der Waals surface area contributed by atoms with Gasteiger partial charge in [-0.25, -0.2) is 0 Å². The van der Waals surface area contributed by atoms with Crippen LogP contribution in [0.3, 0.4) is 0 Å². The third-order valence-electron chi connectivity index (χ3n) is 10.1. The number of nitrogens with zero attached hydrogens (tertiary/aromatic N) is 3. The highest BCUT2D eigenvalue weighted by atomic mass is 16.4. The minimum Gasteiger partial charge on any atom is -0.480 e. The van der Waals surface area contributed by atoms with Crippen molar-refractivity contribution in [1.29, 1.82) is 0 Å². The Morgan fingerprint density at radius 2 is 1.58 bits per heavy atom. The molecule has 38 heavy (non-hydrogen) atoms. The van der Waals surface area contributed by atoms with Gasteiger partial charge in [-0.1, -0.05) is 67.8 Å². The summed E-state index contributed by atoms with van der Waals surface area (Å²) in [6.45, 7) is 7.58. The van der Waals surface area contributed by atoms with Gasteiger partial charge in [-0.3, -0.25) is 9.69 Å². The summed E-state index contributed by atoms with van der Waals surface area (Å²) in [4.78, 5) is 20.2. The van der Waals surface area contributed by atoms with Gasteiger partial charge in [0.2, 0.25) is 0 Å². The van der Waals surface area contributed by atoms with E-state index in [1.54, 1.807) is 0 Å². The normalized spacial score (nSPS) is 26.5. The van der Waals surface area contributed by atoms with Gasteiger partial charge in [0.05, 0.1) is 0 Å². The lowest BCUT2D eigenvalue weighted by atomic mass is 9.83. The van der Waals surface area contributed by atoms with Gasteiger partial charge in [0.15, 0.2) is 0 Å². The summed E-state index contributed by atoms with van der Waals surface area (Å²) in [6.07, 6.45) is 9.50. The second-order valence-electron chi connectivity index (χ2n) is 12.5. The number of carboxylic acid groups (broad SMARTS) is 1. The maximum Gasteiger partial charge on any atom is 0.321 e. The molecule has 5 nitrogen and oxygen atoms in total. The maximum absolute atomic E-state index is 12.5. The Hall–Kier alpha value is -2.37. The largest absolute Gasteiger partial charge is 0.480 e. The van der Waals surface area contributed by atoms with Crippen LogP contribution in [0.15, 0.2) is 54.6 Å². The molecule has 0 unspecified atom stereocenters. The average Bonchev–Trinajstić information content (AvgIpc) is 3.55. The number of aliphatic carboxylic acids is 1. The number of piperidine rings is 1. The molecule has 2 saturated heterocycles. The number of anilines is 1. The zero-order chi connectivity index (χ0) is 25.9. The Bertz CT molecular complexity index is 1060. The molecule has 3 heterocycles. The summed E-state index contributed by atoms with van der Waals surface area (Å²) >= 11 is 0. The number of hydrogen-bond donors (Lipinski definition) is 1. The van der Waals surface area contributed by atoms with Crippen molar-refractivity contribution >= 4 is 11.7 Å². The zero-order valence-electron chi connectivity index (χ0n) is 22.9. The van der Waals surface area contributed by atoms with E-state index in [1.165, 1.54) is 81.5 Å². The highest BCUT2D eigenvalue weighted by molar-refractivity contribution is 5.74. The van der Waals surface area contributed by atoms with Crippen molar-refractivity contribution in [3.63, 3.8) is 0 Å². The van der Waals surface area contributed by atoms with Crippen LogP contribution < -0.4 is 4.90 Å². The third kappa shape index (κ3) is 5.65. The Morgan fingerprint density at radius 1 is 0.842 bits per heavy atom. The molecule has 4 aliphatic rings. The number of fused-ring (bicyclic) bond motifs is 1. The van der Waals surface area contributed by atoms with E-state index in [9.17, 15) is 9.90 Å². The monoisotopic (exact) mass is 515 g/mol. The molecule has 5 heteroatoms. The minimum absolute atomic E-state index is 0.308. The quantitative estimate of drug-likeness (QED) is 0.502. The number of carbonyl (C=O) groups is 1. The fourth-order valence-corrected chi connectivity index (χ4v) is 8.09. The van der Waals surface area contributed by atoms with Crippen molar-refractivity contribution in [3.8, 4) is 0 Å². The predicted octanol–water partition coefficient (Wildman–Crippen LogP) is 5.51. The molecule has 0 amide bonds. The summed E-state index contributed by atoms with van der Waals surface area (Å²) < 4.78 is 0. The Morgan fingerprint density at radius 3 is 2.34 bits per heavy atom. The number of carboxylic acids is 1. The van der Waals surface area contributed by atoms with Gasteiger partial charge in [0, 0.05) is 44.3 Å². The zero-order valence-corrected chi connectivity index (χ0v) is 22.9. The molecule has 2 aromatic rings. The molecule has 1 aliphatic carbocycles. The van der Waals surface area contributed by atoms with Crippen LogP contribution in [0.25, 0.3) is 0 Å². The van der Waals surface area contributed by atoms with E-state index in [-0.39, 0.29) is 6.04 Å². The summed E-state index contributed by atoms with van der Waals surface area (Å²) in [7, 11) is 0. The minimum atomic E-state index is -0.603. The smallest absolute Gasteiger partial charge is 0.321 e. The Balaban J connectivity index is 1.09. The molecule has 2 aromatic carbocycles. The third-order valence-corrected chi connectivity index (χ3v) is 10.1. The van der Waals surface area contributed by atoms with Gasteiger partial charge in [0.1, 0.15) is 6.04 Å². The predicted molar refractivity (Wildman–Crippen MR) is 154 cm³/mol. The highest BCUT2D eigenvalue weighted by Gasteiger charge is 2.43. The lowest BCUT2D eigenvalue weighted by molar-refractivity contribution is -0.145. The fraction of sp³-hybridized carbons (Fsp3) is 0.606. The molecule has 0 spiro atoms. The van der Waals surface area contributed by atoms with E-state index in [1.807, 2.05) is 0 Å². The van der Waals surface area contributed by atoms with Crippen LogP contribution in [0.4, 0.5) is 5.69 Å². The number of hydrogen-bond acceptors (Lipinski definition) is 4. The van der Waals surface area contributed by atoms with Crippen molar-refractivity contribution in [2.45, 2.75) is 63.3 Å². The lowest BCUT2D eigenvalue weighted by Gasteiger charge is -2.36. The first-order valence-corrected chi connectivity index (χ1v) is 15.2. The second-order valence-corrected chi connectivity index (χ2v) is 12.5. The van der Waals surface area contributed by atoms with Crippen LogP contribution in [-0.4, -0.2) is 72.7 Å². The molecule has 204 valence electrons. The highest BCUT2D eigenvalue weighted by Crippen LogP contribution is 2.39. The van der Waals surface area contributed by atoms with E-state index in [0.717, 1.165) is 38.4 Å². The molecular formula is C33H45N3O2. The van der Waals surface area contributed by atoms with Crippen molar-refractivity contribution < 1.29 is 9.90 Å². The molecule has 3 fully saturated rings. The number of para-hydroxylation sites is 1. The molecule has 6 rings (SSSR count). The number of benzene rings is 2. The van der Waals surface area contributed by atoms with Crippen LogP contribution in [0.1, 0.15) is 62.0 Å². The van der Waals surface area contributed by atoms with Gasteiger partial charge in [-0.2, -0.15) is 0 Å². The molecule has 0 bridgehead atoms. The van der Waals surface area contributed by atoms with Crippen LogP contribution in [0, 0.1) is 17.8 Å². The van der Waals surface area contributed by atoms with Crippen LogP contribution in [-0.2, 0) is 11.2 Å². The summed E-state index contributed by atoms with van der Waals surface area (Å²) in [5.41, 5.74) is 4.35. The summed E-state index contributed by atoms with van der Waals surface area (Å²) in [5, 5.41) is 10.3. The Labute approximate surface area is 228 Å². The number of likely N-dealkylation sites (tertiary alicyclic amines) is 2. The first-order valence-electron chi connectivity index (χ1n) is 15.2. The van der Waals surface area contributed by atoms with Crippen LogP contribution in [0.2, 0.25) is 0 Å². The molecule has 3 atom stereocenters. The number of rotatable bonds is 8. The van der Waals surface area contributed by atoms with Gasteiger partial charge < -0.3 is 14.9 Å². The summed E-state index contributed by atoms with van der Waals surface area (Å²) in [5.74, 6) is 1.38. The fourth-order valence-electron chi connectivity index (χ4n) is 8.09. The molecule has 1 N–H and O–H groups in total. The summed E-state index contributed by atoms with van der Waals surface area (Å²) in [6, 6.07) is 19.5. The van der Waals surface area contributed by atoms with Gasteiger partial charge in [-0.05, 0) is 80.1 Å². The standard InChI is InChI=1S/C33H45N3O2/c37-33(38)32(28-12-5-2-6-13-28)36-23-29(30(24-36)26-9-3-1-4-10-26)22-34-18-15-25(16-19-34)21-35-20-17-27-11-7-8-14-31(27)35/h1,3-4,7-11,14,25,28-30,32H,2,5-6,12-13,15-24H2,(H,37,38)/t29-,30+,32+/m0/s1. The van der Waals surface area contributed by atoms with Gasteiger partial charge in [-0.15, -0.1) is 0 Å². The van der Waals surface area contributed by atoms with Crippen molar-refractivity contribution in [2.24, 2.45) is 17.8 Å². The van der Waals surface area contributed by atoms with Gasteiger partial charge >= 0.3 is 5.97 Å². The van der Waals surface area contributed by atoms with Crippen LogP contribution >= 0.6 is 0 Å². The Kier molecular flexibility index (Phi) is 8.03. The molecule has 3 aliphatic heterocycles. The van der Waals surface area contributed by atoms with E-state index < -0.39 is 5.97 Å². The first-order chi connectivity index (χ1) is 18.7. The maximum atomic E-state index is 12.5. The van der Waals surface area contributed by atoms with E-state index >= 15 is 0 Å². The topological polar surface area (TPSA) is 47.0 Å². The van der Waals surface area contributed by atoms with E-state index in [4.69, 9.17) is 0 Å². The van der Waals surface area contributed by atoms with Crippen molar-refractivity contribution in [1.82, 2.24) is 9.80 Å². The molecular weight excluding hydrogens is 470 g/mol. The van der Waals surface area contributed by atoms with Crippen molar-refractivity contribution in [3.05, 3.63) is 65.7 Å². The first kappa shape index (κ1) is 25.9. The van der Waals surface area contributed by atoms with Crippen molar-refractivity contribution in [2.75, 3.05) is 50.7 Å². The SMILES string of the molecule is O=C(O)[C@@H](C1CCCCC1)N1C[C@H](CN2CCC(CN3CCc4ccccc43)CC2)[C@@H](c2ccccc2)C1. The van der Waals surface area contributed by atoms with Crippen LogP contribution in [0.5, 0.6) is 0 Å². The van der Waals surface area contributed by atoms with E-state index in [2.05, 4.69) is 69.3 Å². The molecule has 0 aromatic heterocycles. The average molecular weight is 516 g/mol. The van der Waals surface area contributed by atoms with Gasteiger partial charge in [0.25, 0.3) is 0 Å².